The van der Waals surface area contributed by atoms with Crippen molar-refractivity contribution in [2.45, 2.75) is 34.1 Å². The number of allylic oxidation sites excluding steroid dienone is 2. The van der Waals surface area contributed by atoms with Crippen molar-refractivity contribution in [3.05, 3.63) is 45.9 Å². The number of benzene rings is 1. The Morgan fingerprint density at radius 1 is 1.35 bits per heavy atom. The Morgan fingerprint density at radius 3 is 2.65 bits per heavy atom. The lowest BCUT2D eigenvalue weighted by atomic mass is 10.0. The SMILES string of the molecule is CC/C=C(/C)SCC(=O)c1ccc(C)cc1C. The molecule has 1 rings (SSSR count). The van der Waals surface area contributed by atoms with Gasteiger partial charge in [-0.1, -0.05) is 36.8 Å². The van der Waals surface area contributed by atoms with E-state index in [0.29, 0.717) is 5.75 Å². The molecule has 0 aliphatic heterocycles. The average Bonchev–Trinajstić information content (AvgIpc) is 2.26. The molecule has 1 aromatic rings. The van der Waals surface area contributed by atoms with Gasteiger partial charge in [-0.2, -0.15) is 0 Å². The largest absolute Gasteiger partial charge is 0.293 e. The third-order valence-electron chi connectivity index (χ3n) is 2.60. The smallest absolute Gasteiger partial charge is 0.173 e. The molecule has 0 unspecified atom stereocenters. The standard InChI is InChI=1S/C15H20OS/c1-5-6-13(4)17-10-15(16)14-8-7-11(2)9-12(14)3/h6-9H,5,10H2,1-4H3/b13-6-. The van der Waals surface area contributed by atoms with Crippen molar-refractivity contribution in [1.82, 2.24) is 0 Å². The number of thioether (sulfide) groups is 1. The van der Waals surface area contributed by atoms with Gasteiger partial charge in [-0.15, -0.1) is 11.8 Å². The number of Topliss-reactive ketones (excluding diaryl/α,β-unsaturated/α-hetero) is 1. The molecule has 92 valence electrons. The molecular formula is C15H20OS. The summed E-state index contributed by atoms with van der Waals surface area (Å²) < 4.78 is 0. The molecule has 0 atom stereocenters. The summed E-state index contributed by atoms with van der Waals surface area (Å²) in [5.74, 6) is 0.753. The summed E-state index contributed by atoms with van der Waals surface area (Å²) >= 11 is 1.63. The second kappa shape index (κ2) is 6.65. The first-order valence-corrected chi connectivity index (χ1v) is 6.93. The highest BCUT2D eigenvalue weighted by atomic mass is 32.2. The van der Waals surface area contributed by atoms with Crippen LogP contribution in [0.3, 0.4) is 0 Å². The Morgan fingerprint density at radius 2 is 2.06 bits per heavy atom. The van der Waals surface area contributed by atoms with Crippen LogP contribution >= 0.6 is 11.8 Å². The molecule has 17 heavy (non-hydrogen) atoms. The molecule has 0 saturated heterocycles. The van der Waals surface area contributed by atoms with Crippen molar-refractivity contribution in [3.63, 3.8) is 0 Å². The molecule has 0 amide bonds. The van der Waals surface area contributed by atoms with E-state index >= 15 is 0 Å². The minimum absolute atomic E-state index is 0.219. The van der Waals surface area contributed by atoms with E-state index in [9.17, 15) is 4.79 Å². The molecule has 0 aromatic heterocycles. The van der Waals surface area contributed by atoms with Crippen LogP contribution in [0.5, 0.6) is 0 Å². The van der Waals surface area contributed by atoms with E-state index in [1.807, 2.05) is 26.0 Å². The summed E-state index contributed by atoms with van der Waals surface area (Å²) in [4.78, 5) is 13.3. The average molecular weight is 248 g/mol. The third-order valence-corrected chi connectivity index (χ3v) is 3.63. The lowest BCUT2D eigenvalue weighted by Crippen LogP contribution is -2.04. The number of hydrogen-bond donors (Lipinski definition) is 0. The van der Waals surface area contributed by atoms with Crippen LogP contribution in [0.1, 0.15) is 41.8 Å². The van der Waals surface area contributed by atoms with Gasteiger partial charge in [0, 0.05) is 5.56 Å². The summed E-state index contributed by atoms with van der Waals surface area (Å²) in [6, 6.07) is 6.00. The molecule has 0 aliphatic carbocycles. The monoisotopic (exact) mass is 248 g/mol. The summed E-state index contributed by atoms with van der Waals surface area (Å²) in [7, 11) is 0. The van der Waals surface area contributed by atoms with E-state index in [2.05, 4.69) is 26.0 Å². The van der Waals surface area contributed by atoms with Gasteiger partial charge in [0.1, 0.15) is 0 Å². The van der Waals surface area contributed by atoms with Crippen molar-refractivity contribution in [2.75, 3.05) is 5.75 Å². The quantitative estimate of drug-likeness (QED) is 0.712. The first-order valence-electron chi connectivity index (χ1n) is 5.94. The predicted molar refractivity (Wildman–Crippen MR) is 76.8 cm³/mol. The summed E-state index contributed by atoms with van der Waals surface area (Å²) in [6.45, 7) is 8.21. The Bertz CT molecular complexity index is 433. The number of carbonyl (C=O) groups is 1. The molecule has 0 aliphatic rings. The number of aryl methyl sites for hydroxylation is 2. The zero-order valence-electron chi connectivity index (χ0n) is 11.0. The fraction of sp³-hybridized carbons (Fsp3) is 0.400. The van der Waals surface area contributed by atoms with Gasteiger partial charge in [0.05, 0.1) is 5.75 Å². The second-order valence-corrected chi connectivity index (χ2v) is 5.47. The lowest BCUT2D eigenvalue weighted by Gasteiger charge is -2.06. The number of hydrogen-bond acceptors (Lipinski definition) is 2. The van der Waals surface area contributed by atoms with Crippen LogP contribution in [0.2, 0.25) is 0 Å². The number of ketones is 1. The van der Waals surface area contributed by atoms with Gasteiger partial charge >= 0.3 is 0 Å². The van der Waals surface area contributed by atoms with E-state index in [1.54, 1.807) is 11.8 Å². The van der Waals surface area contributed by atoms with Crippen LogP contribution in [-0.4, -0.2) is 11.5 Å². The van der Waals surface area contributed by atoms with E-state index < -0.39 is 0 Å². The van der Waals surface area contributed by atoms with Crippen LogP contribution in [0, 0.1) is 13.8 Å². The molecule has 0 spiro atoms. The van der Waals surface area contributed by atoms with Gasteiger partial charge in [0.2, 0.25) is 0 Å². The van der Waals surface area contributed by atoms with Crippen molar-refractivity contribution in [3.8, 4) is 0 Å². The van der Waals surface area contributed by atoms with Gasteiger partial charge in [-0.3, -0.25) is 4.79 Å². The van der Waals surface area contributed by atoms with Crippen LogP contribution in [-0.2, 0) is 0 Å². The van der Waals surface area contributed by atoms with E-state index in [0.717, 1.165) is 17.5 Å². The predicted octanol–water partition coefficient (Wildman–Crippen LogP) is 4.53. The molecular weight excluding hydrogens is 228 g/mol. The van der Waals surface area contributed by atoms with Gasteiger partial charge in [0.15, 0.2) is 5.78 Å². The molecule has 0 fully saturated rings. The Balaban J connectivity index is 2.67. The molecule has 2 heteroatoms. The van der Waals surface area contributed by atoms with Gasteiger partial charge in [-0.05, 0) is 37.7 Å². The van der Waals surface area contributed by atoms with Crippen molar-refractivity contribution >= 4 is 17.5 Å². The summed E-state index contributed by atoms with van der Waals surface area (Å²) in [6.07, 6.45) is 3.18. The number of carbonyl (C=O) groups excluding carboxylic acids is 1. The molecule has 1 nitrogen and oxygen atoms in total. The Hall–Kier alpha value is -1.02. The van der Waals surface area contributed by atoms with Gasteiger partial charge < -0.3 is 0 Å². The van der Waals surface area contributed by atoms with E-state index in [4.69, 9.17) is 0 Å². The summed E-state index contributed by atoms with van der Waals surface area (Å²) in [5, 5.41) is 0. The first kappa shape index (κ1) is 14.0. The molecule has 0 heterocycles. The zero-order chi connectivity index (χ0) is 12.8. The van der Waals surface area contributed by atoms with Crippen LogP contribution in [0.15, 0.2) is 29.2 Å². The molecule has 0 saturated carbocycles. The zero-order valence-corrected chi connectivity index (χ0v) is 11.9. The molecule has 0 N–H and O–H groups in total. The maximum Gasteiger partial charge on any atom is 0.173 e. The summed E-state index contributed by atoms with van der Waals surface area (Å²) in [5.41, 5.74) is 3.13. The van der Waals surface area contributed by atoms with Crippen molar-refractivity contribution < 1.29 is 4.79 Å². The van der Waals surface area contributed by atoms with Crippen LogP contribution < -0.4 is 0 Å². The normalized spacial score (nSPS) is 11.6. The van der Waals surface area contributed by atoms with Crippen LogP contribution in [0.25, 0.3) is 0 Å². The fourth-order valence-electron chi connectivity index (χ4n) is 1.73. The van der Waals surface area contributed by atoms with Crippen molar-refractivity contribution in [1.29, 1.82) is 0 Å². The maximum absolute atomic E-state index is 12.0. The third kappa shape index (κ3) is 4.39. The maximum atomic E-state index is 12.0. The molecule has 0 radical (unpaired) electrons. The highest BCUT2D eigenvalue weighted by molar-refractivity contribution is 8.03. The lowest BCUT2D eigenvalue weighted by molar-refractivity contribution is 0.102. The highest BCUT2D eigenvalue weighted by Gasteiger charge is 2.09. The van der Waals surface area contributed by atoms with Gasteiger partial charge in [-0.25, -0.2) is 0 Å². The number of rotatable bonds is 5. The minimum atomic E-state index is 0.219. The van der Waals surface area contributed by atoms with E-state index in [-0.39, 0.29) is 5.78 Å². The Kier molecular flexibility index (Phi) is 5.49. The highest BCUT2D eigenvalue weighted by Crippen LogP contribution is 2.19. The van der Waals surface area contributed by atoms with Crippen molar-refractivity contribution in [2.24, 2.45) is 0 Å². The Labute approximate surface area is 108 Å². The molecule has 1 aromatic carbocycles. The fourth-order valence-corrected chi connectivity index (χ4v) is 2.53. The topological polar surface area (TPSA) is 17.1 Å². The first-order chi connectivity index (χ1) is 8.04. The van der Waals surface area contributed by atoms with Gasteiger partial charge in [0.25, 0.3) is 0 Å². The van der Waals surface area contributed by atoms with Crippen LogP contribution in [0.4, 0.5) is 0 Å². The molecule has 0 bridgehead atoms. The van der Waals surface area contributed by atoms with E-state index in [1.165, 1.54) is 10.5 Å². The minimum Gasteiger partial charge on any atom is -0.293 e. The second-order valence-electron chi connectivity index (χ2n) is 4.25.